The van der Waals surface area contributed by atoms with Crippen LogP contribution >= 0.6 is 11.6 Å². The molecule has 1 aromatic rings. The third-order valence-corrected chi connectivity index (χ3v) is 2.88. The fourth-order valence-electron chi connectivity index (χ4n) is 1.65. The lowest BCUT2D eigenvalue weighted by Crippen LogP contribution is -2.12. The summed E-state index contributed by atoms with van der Waals surface area (Å²) in [6, 6.07) is 5.92. The predicted octanol–water partition coefficient (Wildman–Crippen LogP) is 3.62. The Kier molecular flexibility index (Phi) is 5.11. The van der Waals surface area contributed by atoms with Gasteiger partial charge in [0.05, 0.1) is 24.8 Å². The number of ether oxygens (including phenoxy) is 1. The van der Waals surface area contributed by atoms with E-state index in [-0.39, 0.29) is 5.92 Å². The molecule has 0 spiro atoms. The van der Waals surface area contributed by atoms with Gasteiger partial charge in [-0.3, -0.25) is 0 Å². The molecule has 0 aromatic heterocycles. The van der Waals surface area contributed by atoms with Crippen LogP contribution in [0.5, 0.6) is 5.75 Å². The summed E-state index contributed by atoms with van der Waals surface area (Å²) in [5.74, 6) is 0.779. The van der Waals surface area contributed by atoms with E-state index in [2.05, 4.69) is 11.4 Å². The van der Waals surface area contributed by atoms with Gasteiger partial charge in [-0.05, 0) is 31.0 Å². The van der Waals surface area contributed by atoms with Crippen molar-refractivity contribution in [2.75, 3.05) is 19.0 Å². The van der Waals surface area contributed by atoms with Crippen molar-refractivity contribution >= 4 is 17.3 Å². The SMILES string of the molecule is CCC(C#N)CNc1cc(Cl)cc(C)c1OC. The van der Waals surface area contributed by atoms with Crippen LogP contribution in [0.3, 0.4) is 0 Å². The number of nitrogens with one attached hydrogen (secondary N) is 1. The summed E-state index contributed by atoms with van der Waals surface area (Å²) in [7, 11) is 1.63. The molecule has 17 heavy (non-hydrogen) atoms. The number of rotatable bonds is 5. The van der Waals surface area contributed by atoms with Gasteiger partial charge in [-0.15, -0.1) is 0 Å². The van der Waals surface area contributed by atoms with Crippen LogP contribution in [0, 0.1) is 24.2 Å². The van der Waals surface area contributed by atoms with E-state index in [4.69, 9.17) is 21.6 Å². The van der Waals surface area contributed by atoms with Gasteiger partial charge >= 0.3 is 0 Å². The van der Waals surface area contributed by atoms with E-state index in [9.17, 15) is 0 Å². The topological polar surface area (TPSA) is 45.0 Å². The molecule has 0 heterocycles. The first-order valence-electron chi connectivity index (χ1n) is 5.60. The highest BCUT2D eigenvalue weighted by Crippen LogP contribution is 2.32. The molecule has 0 bridgehead atoms. The Morgan fingerprint density at radius 1 is 1.53 bits per heavy atom. The second kappa shape index (κ2) is 6.36. The molecule has 0 amide bonds. The Labute approximate surface area is 107 Å². The number of halogens is 1. The average molecular weight is 253 g/mol. The maximum Gasteiger partial charge on any atom is 0.144 e. The van der Waals surface area contributed by atoms with Gasteiger partial charge in [0.2, 0.25) is 0 Å². The van der Waals surface area contributed by atoms with E-state index < -0.39 is 0 Å². The maximum absolute atomic E-state index is 8.89. The highest BCUT2D eigenvalue weighted by Gasteiger charge is 2.10. The molecule has 0 fully saturated rings. The summed E-state index contributed by atoms with van der Waals surface area (Å²) in [5, 5.41) is 12.8. The van der Waals surface area contributed by atoms with E-state index in [0.29, 0.717) is 11.6 Å². The quantitative estimate of drug-likeness (QED) is 0.871. The fraction of sp³-hybridized carbons (Fsp3) is 0.462. The Hall–Kier alpha value is -1.40. The Morgan fingerprint density at radius 2 is 2.24 bits per heavy atom. The van der Waals surface area contributed by atoms with E-state index in [1.807, 2.05) is 26.0 Å². The fourth-order valence-corrected chi connectivity index (χ4v) is 1.92. The molecule has 1 N–H and O–H groups in total. The van der Waals surface area contributed by atoms with Crippen molar-refractivity contribution in [1.29, 1.82) is 5.26 Å². The van der Waals surface area contributed by atoms with E-state index in [0.717, 1.165) is 23.4 Å². The van der Waals surface area contributed by atoms with Crippen molar-refractivity contribution < 1.29 is 4.74 Å². The summed E-state index contributed by atoms with van der Waals surface area (Å²) in [5.41, 5.74) is 1.82. The molecule has 0 saturated carbocycles. The third kappa shape index (κ3) is 3.54. The van der Waals surface area contributed by atoms with Crippen molar-refractivity contribution in [2.45, 2.75) is 20.3 Å². The van der Waals surface area contributed by atoms with Crippen LogP contribution < -0.4 is 10.1 Å². The van der Waals surface area contributed by atoms with Crippen molar-refractivity contribution in [2.24, 2.45) is 5.92 Å². The molecule has 1 rings (SSSR count). The van der Waals surface area contributed by atoms with Crippen LogP contribution in [0.4, 0.5) is 5.69 Å². The number of hydrogen-bond acceptors (Lipinski definition) is 3. The molecule has 1 unspecified atom stereocenters. The summed E-state index contributed by atoms with van der Waals surface area (Å²) in [6.07, 6.45) is 0.825. The first kappa shape index (κ1) is 13.7. The van der Waals surface area contributed by atoms with E-state index in [1.165, 1.54) is 0 Å². The number of benzene rings is 1. The molecule has 0 saturated heterocycles. The van der Waals surface area contributed by atoms with Crippen LogP contribution in [-0.4, -0.2) is 13.7 Å². The first-order valence-corrected chi connectivity index (χ1v) is 5.97. The first-order chi connectivity index (χ1) is 8.12. The third-order valence-electron chi connectivity index (χ3n) is 2.66. The lowest BCUT2D eigenvalue weighted by atomic mass is 10.1. The Balaban J connectivity index is 2.87. The molecular formula is C13H17ClN2O. The Bertz CT molecular complexity index is 426. The summed E-state index contributed by atoms with van der Waals surface area (Å²) < 4.78 is 5.33. The molecule has 0 aliphatic rings. The van der Waals surface area contributed by atoms with Gasteiger partial charge in [-0.1, -0.05) is 18.5 Å². The van der Waals surface area contributed by atoms with Crippen LogP contribution in [0.2, 0.25) is 5.02 Å². The standard InChI is InChI=1S/C13H17ClN2O/c1-4-10(7-15)8-16-12-6-11(14)5-9(2)13(12)17-3/h5-6,10,16H,4,8H2,1-3H3. The minimum Gasteiger partial charge on any atom is -0.494 e. The number of aryl methyl sites for hydroxylation is 1. The lowest BCUT2D eigenvalue weighted by molar-refractivity contribution is 0.413. The molecule has 1 atom stereocenters. The molecule has 92 valence electrons. The minimum absolute atomic E-state index is 0.000932. The molecule has 1 aromatic carbocycles. The van der Waals surface area contributed by atoms with Gasteiger partial charge in [-0.25, -0.2) is 0 Å². The Morgan fingerprint density at radius 3 is 2.76 bits per heavy atom. The van der Waals surface area contributed by atoms with Gasteiger partial charge in [0.15, 0.2) is 0 Å². The van der Waals surface area contributed by atoms with E-state index >= 15 is 0 Å². The predicted molar refractivity (Wildman–Crippen MR) is 70.6 cm³/mol. The largest absolute Gasteiger partial charge is 0.494 e. The van der Waals surface area contributed by atoms with Gasteiger partial charge in [-0.2, -0.15) is 5.26 Å². The second-order valence-electron chi connectivity index (χ2n) is 3.92. The average Bonchev–Trinajstić information content (AvgIpc) is 2.29. The summed E-state index contributed by atoms with van der Waals surface area (Å²) >= 11 is 6.00. The molecular weight excluding hydrogens is 236 g/mol. The number of hydrogen-bond donors (Lipinski definition) is 1. The highest BCUT2D eigenvalue weighted by atomic mass is 35.5. The van der Waals surface area contributed by atoms with Gasteiger partial charge in [0.1, 0.15) is 5.75 Å². The van der Waals surface area contributed by atoms with Crippen molar-refractivity contribution in [3.63, 3.8) is 0 Å². The maximum atomic E-state index is 8.89. The lowest BCUT2D eigenvalue weighted by Gasteiger charge is -2.15. The molecule has 0 radical (unpaired) electrons. The van der Waals surface area contributed by atoms with Crippen LogP contribution in [0.25, 0.3) is 0 Å². The molecule has 4 heteroatoms. The zero-order chi connectivity index (χ0) is 12.8. The van der Waals surface area contributed by atoms with Crippen LogP contribution in [0.15, 0.2) is 12.1 Å². The van der Waals surface area contributed by atoms with Crippen molar-refractivity contribution in [1.82, 2.24) is 0 Å². The van der Waals surface area contributed by atoms with Crippen molar-refractivity contribution in [3.8, 4) is 11.8 Å². The number of nitriles is 1. The number of methoxy groups -OCH3 is 1. The monoisotopic (exact) mass is 252 g/mol. The van der Waals surface area contributed by atoms with Crippen LogP contribution in [0.1, 0.15) is 18.9 Å². The summed E-state index contributed by atoms with van der Waals surface area (Å²) in [6.45, 7) is 4.54. The van der Waals surface area contributed by atoms with Crippen molar-refractivity contribution in [3.05, 3.63) is 22.7 Å². The molecule has 0 aliphatic carbocycles. The zero-order valence-corrected chi connectivity index (χ0v) is 11.1. The smallest absolute Gasteiger partial charge is 0.144 e. The summed E-state index contributed by atoms with van der Waals surface area (Å²) in [4.78, 5) is 0. The van der Waals surface area contributed by atoms with Crippen LogP contribution in [-0.2, 0) is 0 Å². The van der Waals surface area contributed by atoms with E-state index in [1.54, 1.807) is 7.11 Å². The normalized spacial score (nSPS) is 11.7. The molecule has 3 nitrogen and oxygen atoms in total. The minimum atomic E-state index is -0.000932. The highest BCUT2D eigenvalue weighted by molar-refractivity contribution is 6.31. The molecule has 0 aliphatic heterocycles. The van der Waals surface area contributed by atoms with Gasteiger partial charge in [0, 0.05) is 11.6 Å². The zero-order valence-electron chi connectivity index (χ0n) is 10.4. The number of nitrogens with zero attached hydrogens (tertiary/aromatic N) is 1. The number of anilines is 1. The van der Waals surface area contributed by atoms with Gasteiger partial charge in [0.25, 0.3) is 0 Å². The van der Waals surface area contributed by atoms with Gasteiger partial charge < -0.3 is 10.1 Å². The second-order valence-corrected chi connectivity index (χ2v) is 4.36.